The quantitative estimate of drug-likeness (QED) is 0.308. The van der Waals surface area contributed by atoms with Crippen LogP contribution in [0.15, 0.2) is 36.5 Å². The van der Waals surface area contributed by atoms with Crippen molar-refractivity contribution in [2.24, 2.45) is 5.92 Å². The molecule has 2 atom stereocenters. The molecule has 0 saturated heterocycles. The summed E-state index contributed by atoms with van der Waals surface area (Å²) < 4.78 is 40.4. The molecule has 2 aromatic carbocycles. The highest BCUT2D eigenvalue weighted by atomic mass is 19.3. The first-order chi connectivity index (χ1) is 19.5. The number of amides is 1. The second-order valence-electron chi connectivity index (χ2n) is 11.1. The summed E-state index contributed by atoms with van der Waals surface area (Å²) in [5.74, 6) is -2.83. The number of nitrogens with one attached hydrogen (secondary N) is 2. The van der Waals surface area contributed by atoms with Crippen molar-refractivity contribution < 1.29 is 27.8 Å². The molecule has 2 aliphatic rings. The molecule has 2 N–H and O–H groups in total. The first kappa shape index (κ1) is 28.4. The number of aryl methyl sites for hydroxylation is 2. The highest BCUT2D eigenvalue weighted by Gasteiger charge is 2.33. The van der Waals surface area contributed by atoms with Gasteiger partial charge in [0.1, 0.15) is 17.1 Å². The maximum absolute atomic E-state index is 14.5. The molecule has 216 valence electrons. The van der Waals surface area contributed by atoms with Crippen LogP contribution in [0.5, 0.6) is 17.4 Å². The van der Waals surface area contributed by atoms with Crippen molar-refractivity contribution in [1.29, 1.82) is 0 Å². The van der Waals surface area contributed by atoms with Gasteiger partial charge in [-0.05, 0) is 61.4 Å². The number of alkyl halides is 2. The monoisotopic (exact) mass is 564 g/mol. The van der Waals surface area contributed by atoms with Crippen molar-refractivity contribution in [3.8, 4) is 17.4 Å². The molecular weight excluding hydrogens is 530 g/mol. The van der Waals surface area contributed by atoms with Gasteiger partial charge in [-0.3, -0.25) is 9.59 Å². The Balaban J connectivity index is 1.43. The molecule has 2 unspecified atom stereocenters. The minimum atomic E-state index is -3.30. The number of nitrogens with zero attached hydrogens (tertiary/aromatic N) is 2. The fourth-order valence-corrected chi connectivity index (χ4v) is 5.62. The van der Waals surface area contributed by atoms with Crippen LogP contribution in [0.4, 0.5) is 20.4 Å². The van der Waals surface area contributed by atoms with Gasteiger partial charge in [0.15, 0.2) is 5.78 Å². The van der Waals surface area contributed by atoms with Crippen LogP contribution in [0.25, 0.3) is 0 Å². The van der Waals surface area contributed by atoms with Crippen molar-refractivity contribution in [3.63, 3.8) is 0 Å². The van der Waals surface area contributed by atoms with Crippen LogP contribution in [0, 0.1) is 12.8 Å². The highest BCUT2D eigenvalue weighted by molar-refractivity contribution is 6.03. The maximum Gasteiger partial charge on any atom is 0.277 e. The van der Waals surface area contributed by atoms with E-state index in [4.69, 9.17) is 9.47 Å². The lowest BCUT2D eigenvalue weighted by atomic mass is 9.87. The van der Waals surface area contributed by atoms with Crippen molar-refractivity contribution in [1.82, 2.24) is 15.3 Å². The first-order valence-electron chi connectivity index (χ1n) is 13.9. The second-order valence-corrected chi connectivity index (χ2v) is 11.1. The Labute approximate surface area is 237 Å². The molecular formula is C31H34F2N4O4. The zero-order valence-corrected chi connectivity index (χ0v) is 23.6. The first-order valence-corrected chi connectivity index (χ1v) is 13.9. The molecule has 0 radical (unpaired) electrons. The molecule has 3 aromatic rings. The lowest BCUT2D eigenvalue weighted by Crippen LogP contribution is -2.38. The zero-order valence-electron chi connectivity index (χ0n) is 23.6. The number of hydrogen-bond acceptors (Lipinski definition) is 7. The number of carbonyl (C=O) groups is 2. The van der Waals surface area contributed by atoms with Crippen LogP contribution in [-0.4, -0.2) is 34.8 Å². The summed E-state index contributed by atoms with van der Waals surface area (Å²) in [6.07, 6.45) is 6.10. The van der Waals surface area contributed by atoms with E-state index in [0.29, 0.717) is 46.9 Å². The number of Topliss-reactive ketones (excluding diaryl/α,β-unsaturated/α-hetero) is 1. The zero-order chi connectivity index (χ0) is 29.3. The minimum Gasteiger partial charge on any atom is -0.495 e. The summed E-state index contributed by atoms with van der Waals surface area (Å²) in [5.41, 5.74) is 2.32. The van der Waals surface area contributed by atoms with E-state index in [-0.39, 0.29) is 35.3 Å². The van der Waals surface area contributed by atoms with Gasteiger partial charge in [-0.1, -0.05) is 31.9 Å². The number of fused-ring (bicyclic) bond motifs is 1. The SMILES string of the molecule is COc1cc(C(=O)NC2CCCC(C)C2)c(C)cc1Nc1ncc(C(C)(F)F)c(Oc2cccc3c2C(=O)CC3)n1. The van der Waals surface area contributed by atoms with Crippen LogP contribution >= 0.6 is 0 Å². The van der Waals surface area contributed by atoms with Gasteiger partial charge >= 0.3 is 0 Å². The van der Waals surface area contributed by atoms with Crippen LogP contribution in [0.2, 0.25) is 0 Å². The van der Waals surface area contributed by atoms with Gasteiger partial charge in [0.25, 0.3) is 11.8 Å². The third-order valence-corrected chi connectivity index (χ3v) is 7.76. The van der Waals surface area contributed by atoms with Crippen molar-refractivity contribution in [2.45, 2.75) is 71.3 Å². The molecule has 0 spiro atoms. The molecule has 0 bridgehead atoms. The smallest absolute Gasteiger partial charge is 0.277 e. The molecule has 1 heterocycles. The number of ketones is 1. The third-order valence-electron chi connectivity index (χ3n) is 7.76. The van der Waals surface area contributed by atoms with Crippen LogP contribution in [0.3, 0.4) is 0 Å². The summed E-state index contributed by atoms with van der Waals surface area (Å²) in [5, 5.41) is 6.16. The Hall–Kier alpha value is -4.08. The van der Waals surface area contributed by atoms with Gasteiger partial charge in [-0.15, -0.1) is 0 Å². The minimum absolute atomic E-state index is 0.0157. The average molecular weight is 565 g/mol. The topological polar surface area (TPSA) is 102 Å². The Morgan fingerprint density at radius 1 is 1.15 bits per heavy atom. The molecule has 2 aliphatic carbocycles. The predicted molar refractivity (Wildman–Crippen MR) is 151 cm³/mol. The molecule has 0 aliphatic heterocycles. The van der Waals surface area contributed by atoms with Gasteiger partial charge in [-0.2, -0.15) is 4.98 Å². The second kappa shape index (κ2) is 11.4. The number of rotatable bonds is 8. The van der Waals surface area contributed by atoms with E-state index in [0.717, 1.165) is 37.9 Å². The Bertz CT molecular complexity index is 1490. The Morgan fingerprint density at radius 2 is 1.95 bits per heavy atom. The van der Waals surface area contributed by atoms with Crippen molar-refractivity contribution in [2.75, 3.05) is 12.4 Å². The molecule has 1 amide bonds. The molecule has 41 heavy (non-hydrogen) atoms. The van der Waals surface area contributed by atoms with Gasteiger partial charge in [0, 0.05) is 31.1 Å². The maximum atomic E-state index is 14.5. The molecule has 10 heteroatoms. The van der Waals surface area contributed by atoms with E-state index in [9.17, 15) is 18.4 Å². The van der Waals surface area contributed by atoms with E-state index in [1.165, 1.54) is 13.5 Å². The number of anilines is 2. The molecule has 1 fully saturated rings. The highest BCUT2D eigenvalue weighted by Crippen LogP contribution is 2.39. The average Bonchev–Trinajstić information content (AvgIpc) is 3.30. The van der Waals surface area contributed by atoms with Crippen molar-refractivity contribution in [3.05, 3.63) is 64.3 Å². The number of aromatic nitrogens is 2. The third kappa shape index (κ3) is 6.16. The lowest BCUT2D eigenvalue weighted by molar-refractivity contribution is 0.0146. The fourth-order valence-electron chi connectivity index (χ4n) is 5.62. The standard InChI is InChI=1S/C31H34F2N4O4/c1-17-7-5-9-20(13-17)35-28(39)21-15-26(40-4)23(14-18(21)2)36-30-34-16-22(31(3,32)33)29(37-30)41-25-10-6-8-19-11-12-24(38)27(19)25/h6,8,10,14-17,20H,5,7,9,11-13H2,1-4H3,(H,35,39)(H,34,36,37). The number of hydrogen-bond donors (Lipinski definition) is 2. The summed E-state index contributed by atoms with van der Waals surface area (Å²) in [6, 6.07) is 8.62. The van der Waals surface area contributed by atoms with E-state index >= 15 is 0 Å². The summed E-state index contributed by atoms with van der Waals surface area (Å²) in [6.45, 7) is 4.74. The van der Waals surface area contributed by atoms with Crippen LogP contribution < -0.4 is 20.1 Å². The number of methoxy groups -OCH3 is 1. The summed E-state index contributed by atoms with van der Waals surface area (Å²) in [7, 11) is 1.48. The van der Waals surface area contributed by atoms with E-state index in [1.807, 2.05) is 13.0 Å². The predicted octanol–water partition coefficient (Wildman–Crippen LogP) is 6.88. The largest absolute Gasteiger partial charge is 0.495 e. The lowest BCUT2D eigenvalue weighted by Gasteiger charge is -2.27. The van der Waals surface area contributed by atoms with Crippen molar-refractivity contribution >= 4 is 23.3 Å². The number of carbonyl (C=O) groups excluding carboxylic acids is 2. The summed E-state index contributed by atoms with van der Waals surface area (Å²) >= 11 is 0. The number of benzene rings is 2. The number of ether oxygens (including phenoxy) is 2. The van der Waals surface area contributed by atoms with E-state index in [2.05, 4.69) is 27.5 Å². The molecule has 1 aromatic heterocycles. The molecule has 8 nitrogen and oxygen atoms in total. The Morgan fingerprint density at radius 3 is 2.68 bits per heavy atom. The fraction of sp³-hybridized carbons (Fsp3) is 0.419. The van der Waals surface area contributed by atoms with Gasteiger partial charge in [0.2, 0.25) is 11.8 Å². The normalized spacial score (nSPS) is 18.5. The van der Waals surface area contributed by atoms with E-state index in [1.54, 1.807) is 24.3 Å². The van der Waals surface area contributed by atoms with Crippen LogP contribution in [-0.2, 0) is 12.3 Å². The molecule has 1 saturated carbocycles. The van der Waals surface area contributed by atoms with Crippen LogP contribution in [0.1, 0.15) is 83.4 Å². The van der Waals surface area contributed by atoms with Gasteiger partial charge in [0.05, 0.1) is 18.4 Å². The summed E-state index contributed by atoms with van der Waals surface area (Å²) in [4.78, 5) is 33.9. The van der Waals surface area contributed by atoms with Gasteiger partial charge < -0.3 is 20.1 Å². The van der Waals surface area contributed by atoms with E-state index < -0.39 is 11.5 Å². The van der Waals surface area contributed by atoms with Gasteiger partial charge in [-0.25, -0.2) is 13.8 Å². The number of halogens is 2. The Kier molecular flexibility index (Phi) is 7.93. The molecule has 5 rings (SSSR count).